The van der Waals surface area contributed by atoms with E-state index in [-0.39, 0.29) is 17.6 Å². The Balaban J connectivity index is 2.00. The highest BCUT2D eigenvalue weighted by Crippen LogP contribution is 2.39. The van der Waals surface area contributed by atoms with E-state index in [2.05, 4.69) is 10.3 Å². The molecular weight excluding hydrogens is 393 g/mol. The zero-order valence-corrected chi connectivity index (χ0v) is 16.1. The lowest BCUT2D eigenvalue weighted by atomic mass is 9.73. The number of hydrogen-bond donors (Lipinski definition) is 2. The van der Waals surface area contributed by atoms with Crippen molar-refractivity contribution < 1.29 is 9.59 Å². The van der Waals surface area contributed by atoms with E-state index in [0.717, 1.165) is 12.6 Å². The summed E-state index contributed by atoms with van der Waals surface area (Å²) in [6.45, 7) is 0. The van der Waals surface area contributed by atoms with Gasteiger partial charge in [-0.1, -0.05) is 29.3 Å². The number of amides is 1. The Hall–Kier alpha value is -1.76. The molecule has 1 aliphatic carbocycles. The SMILES string of the molecule is N=CC(CC1CCC(=O)C1)(C(=O)Nc1nccs1)c1ccc(Cl)c(Cl)c1. The quantitative estimate of drug-likeness (QED) is 0.675. The average Bonchev–Trinajstić information content (AvgIpc) is 3.27. The zero-order chi connectivity index (χ0) is 18.7. The van der Waals surface area contributed by atoms with Crippen LogP contribution in [0.15, 0.2) is 29.8 Å². The normalized spacial score (nSPS) is 19.2. The van der Waals surface area contributed by atoms with Gasteiger partial charge in [0.2, 0.25) is 5.91 Å². The maximum absolute atomic E-state index is 13.2. The van der Waals surface area contributed by atoms with Gasteiger partial charge in [-0.05, 0) is 36.5 Å². The van der Waals surface area contributed by atoms with Gasteiger partial charge in [-0.3, -0.25) is 9.59 Å². The molecule has 1 heterocycles. The number of nitrogens with one attached hydrogen (secondary N) is 2. The highest BCUT2D eigenvalue weighted by molar-refractivity contribution is 7.13. The summed E-state index contributed by atoms with van der Waals surface area (Å²) in [6.07, 6.45) is 4.77. The Morgan fingerprint density at radius 3 is 2.81 bits per heavy atom. The van der Waals surface area contributed by atoms with Gasteiger partial charge in [-0.2, -0.15) is 0 Å². The monoisotopic (exact) mass is 409 g/mol. The minimum atomic E-state index is -1.24. The third-order valence-corrected chi connectivity index (χ3v) is 6.13. The highest BCUT2D eigenvalue weighted by Gasteiger charge is 2.42. The van der Waals surface area contributed by atoms with E-state index < -0.39 is 5.41 Å². The molecule has 2 atom stereocenters. The molecule has 1 saturated carbocycles. The largest absolute Gasteiger partial charge is 0.312 e. The Bertz CT molecular complexity index is 841. The van der Waals surface area contributed by atoms with Gasteiger partial charge in [0.25, 0.3) is 0 Å². The van der Waals surface area contributed by atoms with Crippen LogP contribution in [0.2, 0.25) is 10.0 Å². The van der Waals surface area contributed by atoms with Gasteiger partial charge in [0, 0.05) is 30.6 Å². The number of carbonyl (C=O) groups is 2. The summed E-state index contributed by atoms with van der Waals surface area (Å²) < 4.78 is 0. The van der Waals surface area contributed by atoms with Gasteiger partial charge in [0.1, 0.15) is 11.2 Å². The van der Waals surface area contributed by atoms with Crippen LogP contribution in [0.1, 0.15) is 31.2 Å². The van der Waals surface area contributed by atoms with Crippen LogP contribution < -0.4 is 5.32 Å². The van der Waals surface area contributed by atoms with E-state index in [1.807, 2.05) is 0 Å². The fourth-order valence-corrected chi connectivity index (χ4v) is 4.16. The van der Waals surface area contributed by atoms with Gasteiger partial charge < -0.3 is 10.7 Å². The molecule has 136 valence electrons. The smallest absolute Gasteiger partial charge is 0.242 e. The molecule has 2 aromatic rings. The molecule has 1 amide bonds. The summed E-state index contributed by atoms with van der Waals surface area (Å²) in [5, 5.41) is 13.8. The minimum absolute atomic E-state index is 0.0422. The molecule has 2 unspecified atom stereocenters. The second kappa shape index (κ2) is 7.86. The minimum Gasteiger partial charge on any atom is -0.312 e. The van der Waals surface area contributed by atoms with Crippen molar-refractivity contribution in [3.8, 4) is 0 Å². The predicted molar refractivity (Wildman–Crippen MR) is 105 cm³/mol. The average molecular weight is 410 g/mol. The molecule has 0 aliphatic heterocycles. The molecule has 0 radical (unpaired) electrons. The van der Waals surface area contributed by atoms with Crippen molar-refractivity contribution in [3.05, 3.63) is 45.4 Å². The van der Waals surface area contributed by atoms with E-state index in [4.69, 9.17) is 28.6 Å². The van der Waals surface area contributed by atoms with Crippen LogP contribution in [0.5, 0.6) is 0 Å². The molecular formula is C18H17Cl2N3O2S. The van der Waals surface area contributed by atoms with Crippen molar-refractivity contribution >= 4 is 57.6 Å². The first kappa shape index (κ1) is 19.0. The molecule has 1 fully saturated rings. The van der Waals surface area contributed by atoms with Crippen LogP contribution in [-0.2, 0) is 15.0 Å². The Morgan fingerprint density at radius 2 is 2.23 bits per heavy atom. The predicted octanol–water partition coefficient (Wildman–Crippen LogP) is 4.74. The first-order chi connectivity index (χ1) is 12.4. The summed E-state index contributed by atoms with van der Waals surface area (Å²) in [5.41, 5.74) is -0.662. The van der Waals surface area contributed by atoms with Gasteiger partial charge in [0.05, 0.1) is 10.0 Å². The van der Waals surface area contributed by atoms with Gasteiger partial charge in [0.15, 0.2) is 5.13 Å². The lowest BCUT2D eigenvalue weighted by Crippen LogP contribution is -2.43. The summed E-state index contributed by atoms with van der Waals surface area (Å²) in [7, 11) is 0. The van der Waals surface area contributed by atoms with Gasteiger partial charge in [-0.25, -0.2) is 4.98 Å². The molecule has 0 bridgehead atoms. The first-order valence-corrected chi connectivity index (χ1v) is 9.78. The van der Waals surface area contributed by atoms with Crippen molar-refractivity contribution in [1.82, 2.24) is 4.98 Å². The summed E-state index contributed by atoms with van der Waals surface area (Å²) in [6, 6.07) is 4.94. The molecule has 0 saturated heterocycles. The van der Waals surface area contributed by atoms with E-state index in [1.54, 1.807) is 29.8 Å². The third kappa shape index (κ3) is 3.82. The second-order valence-electron chi connectivity index (χ2n) is 6.39. The number of anilines is 1. The summed E-state index contributed by atoms with van der Waals surface area (Å²) >= 11 is 13.5. The van der Waals surface area contributed by atoms with Gasteiger partial charge in [-0.15, -0.1) is 11.3 Å². The lowest BCUT2D eigenvalue weighted by molar-refractivity contribution is -0.120. The zero-order valence-electron chi connectivity index (χ0n) is 13.8. The van der Waals surface area contributed by atoms with Crippen molar-refractivity contribution in [1.29, 1.82) is 5.41 Å². The number of hydrogen-bond acceptors (Lipinski definition) is 5. The van der Waals surface area contributed by atoms with Crippen molar-refractivity contribution in [2.45, 2.75) is 31.1 Å². The number of rotatable bonds is 6. The third-order valence-electron chi connectivity index (χ3n) is 4.70. The Morgan fingerprint density at radius 1 is 1.42 bits per heavy atom. The van der Waals surface area contributed by atoms with Crippen LogP contribution in [0, 0.1) is 11.3 Å². The van der Waals surface area contributed by atoms with Crippen molar-refractivity contribution in [2.75, 3.05) is 5.32 Å². The number of halogens is 2. The van der Waals surface area contributed by atoms with E-state index in [1.165, 1.54) is 11.3 Å². The van der Waals surface area contributed by atoms with Crippen LogP contribution in [0.25, 0.3) is 0 Å². The molecule has 1 aromatic carbocycles. The molecule has 26 heavy (non-hydrogen) atoms. The molecule has 0 spiro atoms. The molecule has 5 nitrogen and oxygen atoms in total. The number of carbonyl (C=O) groups excluding carboxylic acids is 2. The van der Waals surface area contributed by atoms with E-state index in [0.29, 0.717) is 40.0 Å². The molecule has 1 aliphatic rings. The van der Waals surface area contributed by atoms with Crippen molar-refractivity contribution in [2.24, 2.45) is 5.92 Å². The van der Waals surface area contributed by atoms with E-state index in [9.17, 15) is 9.59 Å². The Labute approximate surface area is 165 Å². The van der Waals surface area contributed by atoms with Crippen LogP contribution in [-0.4, -0.2) is 22.9 Å². The number of aromatic nitrogens is 1. The topological polar surface area (TPSA) is 82.9 Å². The number of ketones is 1. The van der Waals surface area contributed by atoms with Crippen LogP contribution in [0.3, 0.4) is 0 Å². The maximum atomic E-state index is 13.2. The van der Waals surface area contributed by atoms with Gasteiger partial charge >= 0.3 is 0 Å². The van der Waals surface area contributed by atoms with Crippen LogP contribution >= 0.6 is 34.5 Å². The first-order valence-electron chi connectivity index (χ1n) is 8.14. The lowest BCUT2D eigenvalue weighted by Gasteiger charge is -2.31. The number of thiazole rings is 1. The Kier molecular flexibility index (Phi) is 5.75. The van der Waals surface area contributed by atoms with Crippen molar-refractivity contribution in [3.63, 3.8) is 0 Å². The highest BCUT2D eigenvalue weighted by atomic mass is 35.5. The van der Waals surface area contributed by atoms with E-state index >= 15 is 0 Å². The standard InChI is InChI=1S/C18H17Cl2N3O2S/c19-14-4-2-12(8-15(14)20)18(10-21,9-11-1-3-13(24)7-11)16(25)23-17-22-5-6-26-17/h2,4-6,8,10-11,21H,1,3,7,9H2,(H,22,23,25). The fourth-order valence-electron chi connectivity index (χ4n) is 3.34. The second-order valence-corrected chi connectivity index (χ2v) is 8.10. The van der Waals surface area contributed by atoms with Crippen LogP contribution in [0.4, 0.5) is 5.13 Å². The summed E-state index contributed by atoms with van der Waals surface area (Å²) in [5.74, 6) is -0.121. The maximum Gasteiger partial charge on any atom is 0.242 e. The fraction of sp³-hybridized carbons (Fsp3) is 0.333. The summed E-state index contributed by atoms with van der Waals surface area (Å²) in [4.78, 5) is 28.9. The molecule has 2 N–H and O–H groups in total. The molecule has 1 aromatic heterocycles. The number of benzene rings is 1. The molecule has 3 rings (SSSR count). The number of Topliss-reactive ketones (excluding diaryl/α,β-unsaturated/α-hetero) is 1. The molecule has 8 heteroatoms. The number of nitrogens with zero attached hydrogens (tertiary/aromatic N) is 1.